The Labute approximate surface area is 105 Å². The van der Waals surface area contributed by atoms with Gasteiger partial charge in [0.2, 0.25) is 5.91 Å². The van der Waals surface area contributed by atoms with E-state index in [1.54, 1.807) is 30.1 Å². The molecule has 0 aromatic heterocycles. The second-order valence-corrected chi connectivity index (χ2v) is 3.98. The molecule has 6 heteroatoms. The Kier molecular flexibility index (Phi) is 3.36. The van der Waals surface area contributed by atoms with Gasteiger partial charge >= 0.3 is 0 Å². The number of nitrogens with one attached hydrogen (secondary N) is 1. The van der Waals surface area contributed by atoms with E-state index in [1.807, 2.05) is 0 Å². The number of nitrogen functional groups attached to an aromatic ring is 1. The molecule has 0 radical (unpaired) electrons. The molecule has 96 valence electrons. The molecule has 0 saturated carbocycles. The van der Waals surface area contributed by atoms with Crippen molar-refractivity contribution in [2.75, 3.05) is 30.8 Å². The van der Waals surface area contributed by atoms with Crippen LogP contribution >= 0.6 is 0 Å². The predicted molar refractivity (Wildman–Crippen MR) is 67.4 cm³/mol. The lowest BCUT2D eigenvalue weighted by atomic mass is 10.2. The highest BCUT2D eigenvalue weighted by atomic mass is 16.5. The van der Waals surface area contributed by atoms with Crippen LogP contribution in [0, 0.1) is 0 Å². The first-order valence-electron chi connectivity index (χ1n) is 5.65. The zero-order chi connectivity index (χ0) is 13.1. The van der Waals surface area contributed by atoms with E-state index in [-0.39, 0.29) is 24.8 Å². The maximum atomic E-state index is 11.8. The van der Waals surface area contributed by atoms with Crippen molar-refractivity contribution < 1.29 is 14.3 Å². The number of carbonyl (C=O) groups is 2. The molecule has 2 amide bonds. The highest BCUT2D eigenvalue weighted by Crippen LogP contribution is 2.33. The van der Waals surface area contributed by atoms with Crippen LogP contribution in [-0.2, 0) is 9.59 Å². The summed E-state index contributed by atoms with van der Waals surface area (Å²) in [6, 6.07) is 5.11. The Bertz CT molecular complexity index is 487. The number of nitrogens with zero attached hydrogens (tertiary/aromatic N) is 1. The van der Waals surface area contributed by atoms with Crippen LogP contribution in [0.25, 0.3) is 0 Å². The fourth-order valence-electron chi connectivity index (χ4n) is 1.80. The van der Waals surface area contributed by atoms with E-state index in [0.29, 0.717) is 23.7 Å². The first-order chi connectivity index (χ1) is 8.61. The minimum absolute atomic E-state index is 0.0236. The van der Waals surface area contributed by atoms with Gasteiger partial charge in [-0.25, -0.2) is 0 Å². The average Bonchev–Trinajstić information content (AvgIpc) is 2.37. The Morgan fingerprint density at radius 1 is 1.56 bits per heavy atom. The summed E-state index contributed by atoms with van der Waals surface area (Å²) in [5, 5.41) is 2.52. The van der Waals surface area contributed by atoms with Gasteiger partial charge in [-0.05, 0) is 12.1 Å². The van der Waals surface area contributed by atoms with Crippen LogP contribution in [0.1, 0.15) is 6.42 Å². The van der Waals surface area contributed by atoms with Crippen LogP contribution < -0.4 is 20.7 Å². The number of carbonyl (C=O) groups excluding carboxylic acids is 2. The summed E-state index contributed by atoms with van der Waals surface area (Å²) in [7, 11) is 1.57. The SMILES string of the molecule is CNC(=O)CCN1C(=O)COc2cc(N)ccc21. The van der Waals surface area contributed by atoms with E-state index < -0.39 is 0 Å². The molecule has 1 aromatic carbocycles. The topological polar surface area (TPSA) is 84.7 Å². The molecule has 1 heterocycles. The molecule has 0 saturated heterocycles. The smallest absolute Gasteiger partial charge is 0.265 e. The van der Waals surface area contributed by atoms with Gasteiger partial charge in [-0.2, -0.15) is 0 Å². The zero-order valence-electron chi connectivity index (χ0n) is 10.1. The molecule has 2 rings (SSSR count). The van der Waals surface area contributed by atoms with E-state index in [0.717, 1.165) is 0 Å². The second kappa shape index (κ2) is 4.95. The van der Waals surface area contributed by atoms with Crippen LogP contribution in [0.15, 0.2) is 18.2 Å². The van der Waals surface area contributed by atoms with Crippen molar-refractivity contribution in [1.29, 1.82) is 0 Å². The standard InChI is InChI=1S/C12H15N3O3/c1-14-11(16)4-5-15-9-3-2-8(13)6-10(9)18-7-12(15)17/h2-3,6H,4-5,7,13H2,1H3,(H,14,16). The minimum atomic E-state index is -0.156. The van der Waals surface area contributed by atoms with Crippen molar-refractivity contribution >= 4 is 23.2 Å². The van der Waals surface area contributed by atoms with Crippen LogP contribution in [0.4, 0.5) is 11.4 Å². The molecule has 0 bridgehead atoms. The lowest BCUT2D eigenvalue weighted by Gasteiger charge is -2.29. The largest absolute Gasteiger partial charge is 0.481 e. The molecule has 18 heavy (non-hydrogen) atoms. The number of rotatable bonds is 3. The quantitative estimate of drug-likeness (QED) is 0.746. The summed E-state index contributed by atoms with van der Waals surface area (Å²) >= 11 is 0. The highest BCUT2D eigenvalue weighted by molar-refractivity contribution is 5.98. The van der Waals surface area contributed by atoms with Crippen molar-refractivity contribution in [2.24, 2.45) is 0 Å². The Hall–Kier alpha value is -2.24. The fraction of sp³-hybridized carbons (Fsp3) is 0.333. The molecule has 1 aliphatic rings. The van der Waals surface area contributed by atoms with E-state index in [1.165, 1.54) is 0 Å². The Balaban J connectivity index is 2.20. The lowest BCUT2D eigenvalue weighted by Crippen LogP contribution is -2.40. The molecule has 0 unspecified atom stereocenters. The highest BCUT2D eigenvalue weighted by Gasteiger charge is 2.25. The van der Waals surface area contributed by atoms with Gasteiger partial charge in [0, 0.05) is 31.8 Å². The number of ether oxygens (including phenoxy) is 1. The summed E-state index contributed by atoms with van der Waals surface area (Å²) < 4.78 is 5.31. The van der Waals surface area contributed by atoms with Gasteiger partial charge in [0.25, 0.3) is 5.91 Å². The van der Waals surface area contributed by atoms with Gasteiger partial charge < -0.3 is 20.7 Å². The predicted octanol–water partition coefficient (Wildman–Crippen LogP) is 0.130. The number of hydrogen-bond acceptors (Lipinski definition) is 4. The number of benzene rings is 1. The van der Waals surface area contributed by atoms with Gasteiger partial charge in [-0.15, -0.1) is 0 Å². The van der Waals surface area contributed by atoms with E-state index in [2.05, 4.69) is 5.32 Å². The van der Waals surface area contributed by atoms with Crippen LogP contribution in [-0.4, -0.2) is 32.0 Å². The van der Waals surface area contributed by atoms with Crippen molar-refractivity contribution in [2.45, 2.75) is 6.42 Å². The van der Waals surface area contributed by atoms with E-state index >= 15 is 0 Å². The summed E-state index contributed by atoms with van der Waals surface area (Å²) in [5.41, 5.74) is 6.89. The van der Waals surface area contributed by atoms with Gasteiger partial charge in [0.15, 0.2) is 6.61 Å². The van der Waals surface area contributed by atoms with E-state index in [4.69, 9.17) is 10.5 Å². The van der Waals surface area contributed by atoms with Crippen LogP contribution in [0.2, 0.25) is 0 Å². The first-order valence-corrected chi connectivity index (χ1v) is 5.65. The number of fused-ring (bicyclic) bond motifs is 1. The summed E-state index contributed by atoms with van der Waals surface area (Å²) in [4.78, 5) is 24.6. The number of amides is 2. The first kappa shape index (κ1) is 12.2. The molecule has 0 aliphatic carbocycles. The van der Waals surface area contributed by atoms with Crippen LogP contribution in [0.5, 0.6) is 5.75 Å². The zero-order valence-corrected chi connectivity index (χ0v) is 10.1. The molecule has 0 atom stereocenters. The maximum absolute atomic E-state index is 11.8. The van der Waals surface area contributed by atoms with Gasteiger partial charge in [-0.1, -0.05) is 0 Å². The van der Waals surface area contributed by atoms with Gasteiger partial charge in [-0.3, -0.25) is 9.59 Å². The average molecular weight is 249 g/mol. The molecular formula is C12H15N3O3. The molecule has 0 fully saturated rings. The number of nitrogens with two attached hydrogens (primary N) is 1. The van der Waals surface area contributed by atoms with Crippen molar-refractivity contribution in [3.8, 4) is 5.75 Å². The molecule has 1 aromatic rings. The number of anilines is 2. The molecule has 0 spiro atoms. The molecule has 6 nitrogen and oxygen atoms in total. The monoisotopic (exact) mass is 249 g/mol. The molecular weight excluding hydrogens is 234 g/mol. The third-order valence-electron chi connectivity index (χ3n) is 2.77. The Morgan fingerprint density at radius 2 is 2.33 bits per heavy atom. The summed E-state index contributed by atoms with van der Waals surface area (Å²) in [6.07, 6.45) is 0.256. The Morgan fingerprint density at radius 3 is 3.06 bits per heavy atom. The van der Waals surface area contributed by atoms with Gasteiger partial charge in [0.05, 0.1) is 5.69 Å². The van der Waals surface area contributed by atoms with Crippen molar-refractivity contribution in [3.63, 3.8) is 0 Å². The van der Waals surface area contributed by atoms with Crippen molar-refractivity contribution in [1.82, 2.24) is 5.32 Å². The third-order valence-corrected chi connectivity index (χ3v) is 2.77. The lowest BCUT2D eigenvalue weighted by molar-refractivity contribution is -0.122. The van der Waals surface area contributed by atoms with Gasteiger partial charge in [0.1, 0.15) is 5.75 Å². The fourth-order valence-corrected chi connectivity index (χ4v) is 1.80. The number of hydrogen-bond donors (Lipinski definition) is 2. The summed E-state index contributed by atoms with van der Waals surface area (Å²) in [5.74, 6) is 0.314. The van der Waals surface area contributed by atoms with Crippen molar-refractivity contribution in [3.05, 3.63) is 18.2 Å². The normalized spacial score (nSPS) is 13.8. The van der Waals surface area contributed by atoms with E-state index in [9.17, 15) is 9.59 Å². The van der Waals surface area contributed by atoms with Crippen LogP contribution in [0.3, 0.4) is 0 Å². The second-order valence-electron chi connectivity index (χ2n) is 3.98. The maximum Gasteiger partial charge on any atom is 0.265 e. The minimum Gasteiger partial charge on any atom is -0.481 e. The third kappa shape index (κ3) is 2.37. The molecule has 1 aliphatic heterocycles. The summed E-state index contributed by atoms with van der Waals surface area (Å²) in [6.45, 7) is 0.309. The molecule has 3 N–H and O–H groups in total.